The SMILES string of the molecule is CCC(CC)(CNC(=O)c1ccc(-n2cncn2)cc1C)C(=O)O. The number of hydrogen-bond donors (Lipinski definition) is 2. The van der Waals surface area contributed by atoms with Crippen molar-refractivity contribution < 1.29 is 14.7 Å². The van der Waals surface area contributed by atoms with E-state index in [1.807, 2.05) is 26.8 Å². The Kier molecular flexibility index (Phi) is 5.33. The zero-order valence-corrected chi connectivity index (χ0v) is 14.1. The first-order valence-corrected chi connectivity index (χ1v) is 7.90. The first-order valence-electron chi connectivity index (χ1n) is 7.90. The second-order valence-electron chi connectivity index (χ2n) is 5.81. The molecule has 0 aliphatic heterocycles. The fourth-order valence-electron chi connectivity index (χ4n) is 2.61. The van der Waals surface area contributed by atoms with Gasteiger partial charge in [-0.05, 0) is 43.5 Å². The summed E-state index contributed by atoms with van der Waals surface area (Å²) in [5.74, 6) is -1.16. The lowest BCUT2D eigenvalue weighted by Crippen LogP contribution is -2.42. The van der Waals surface area contributed by atoms with Crippen LogP contribution in [-0.2, 0) is 4.79 Å². The maximum Gasteiger partial charge on any atom is 0.311 e. The number of carboxylic acids is 1. The van der Waals surface area contributed by atoms with Crippen LogP contribution in [0.2, 0.25) is 0 Å². The number of rotatable bonds is 7. The minimum absolute atomic E-state index is 0.110. The summed E-state index contributed by atoms with van der Waals surface area (Å²) in [5.41, 5.74) is 1.19. The van der Waals surface area contributed by atoms with Gasteiger partial charge in [-0.2, -0.15) is 5.10 Å². The highest BCUT2D eigenvalue weighted by atomic mass is 16.4. The molecule has 128 valence electrons. The van der Waals surface area contributed by atoms with E-state index in [1.165, 1.54) is 6.33 Å². The van der Waals surface area contributed by atoms with E-state index in [4.69, 9.17) is 0 Å². The van der Waals surface area contributed by atoms with E-state index in [9.17, 15) is 14.7 Å². The average Bonchev–Trinajstić information content (AvgIpc) is 3.10. The van der Waals surface area contributed by atoms with E-state index in [2.05, 4.69) is 15.4 Å². The number of aliphatic carboxylic acids is 1. The first kappa shape index (κ1) is 17.7. The third-order valence-electron chi connectivity index (χ3n) is 4.53. The van der Waals surface area contributed by atoms with Crippen molar-refractivity contribution in [3.63, 3.8) is 0 Å². The minimum atomic E-state index is -0.926. The smallest absolute Gasteiger partial charge is 0.311 e. The molecule has 1 aromatic heterocycles. The summed E-state index contributed by atoms with van der Waals surface area (Å²) in [6.07, 6.45) is 3.95. The Balaban J connectivity index is 2.14. The predicted molar refractivity (Wildman–Crippen MR) is 89.1 cm³/mol. The number of benzene rings is 1. The molecule has 0 aliphatic carbocycles. The van der Waals surface area contributed by atoms with Crippen LogP contribution >= 0.6 is 0 Å². The van der Waals surface area contributed by atoms with Gasteiger partial charge < -0.3 is 10.4 Å². The average molecular weight is 330 g/mol. The number of nitrogens with zero attached hydrogens (tertiary/aromatic N) is 3. The summed E-state index contributed by atoms with van der Waals surface area (Å²) in [7, 11) is 0. The van der Waals surface area contributed by atoms with E-state index >= 15 is 0 Å². The van der Waals surface area contributed by atoms with Crippen LogP contribution in [0.1, 0.15) is 42.6 Å². The molecule has 0 aliphatic rings. The van der Waals surface area contributed by atoms with E-state index in [-0.39, 0.29) is 12.5 Å². The molecule has 0 radical (unpaired) electrons. The van der Waals surface area contributed by atoms with Crippen LogP contribution in [0.25, 0.3) is 5.69 Å². The van der Waals surface area contributed by atoms with E-state index < -0.39 is 11.4 Å². The number of carbonyl (C=O) groups excluding carboxylic acids is 1. The molecule has 7 heteroatoms. The molecule has 0 fully saturated rings. The zero-order valence-electron chi connectivity index (χ0n) is 14.1. The Bertz CT molecular complexity index is 721. The number of amides is 1. The summed E-state index contributed by atoms with van der Waals surface area (Å²) in [6.45, 7) is 5.59. The molecule has 0 saturated carbocycles. The van der Waals surface area contributed by atoms with Crippen LogP contribution in [-0.4, -0.2) is 38.3 Å². The van der Waals surface area contributed by atoms with Gasteiger partial charge in [-0.15, -0.1) is 0 Å². The van der Waals surface area contributed by atoms with Gasteiger partial charge in [0, 0.05) is 12.1 Å². The van der Waals surface area contributed by atoms with Gasteiger partial charge in [-0.3, -0.25) is 9.59 Å². The molecule has 0 atom stereocenters. The van der Waals surface area contributed by atoms with E-state index in [1.54, 1.807) is 23.1 Å². The van der Waals surface area contributed by atoms with Crippen molar-refractivity contribution in [1.29, 1.82) is 0 Å². The van der Waals surface area contributed by atoms with Crippen molar-refractivity contribution in [1.82, 2.24) is 20.1 Å². The third-order valence-corrected chi connectivity index (χ3v) is 4.53. The number of aryl methyl sites for hydroxylation is 1. The number of carbonyl (C=O) groups is 2. The Morgan fingerprint density at radius 3 is 2.50 bits per heavy atom. The lowest BCUT2D eigenvalue weighted by molar-refractivity contribution is -0.149. The number of aromatic nitrogens is 3. The fraction of sp³-hybridized carbons (Fsp3) is 0.412. The van der Waals surface area contributed by atoms with Crippen molar-refractivity contribution >= 4 is 11.9 Å². The molecule has 2 aromatic rings. The largest absolute Gasteiger partial charge is 0.481 e. The molecule has 24 heavy (non-hydrogen) atoms. The van der Waals surface area contributed by atoms with Gasteiger partial charge >= 0.3 is 5.97 Å². The number of carboxylic acid groups (broad SMARTS) is 1. The topological polar surface area (TPSA) is 97.1 Å². The second-order valence-corrected chi connectivity index (χ2v) is 5.81. The molecule has 0 saturated heterocycles. The van der Waals surface area contributed by atoms with Crippen LogP contribution in [0.15, 0.2) is 30.9 Å². The van der Waals surface area contributed by atoms with Gasteiger partial charge in [-0.25, -0.2) is 9.67 Å². The maximum absolute atomic E-state index is 12.4. The summed E-state index contributed by atoms with van der Waals surface area (Å²) in [4.78, 5) is 27.8. The minimum Gasteiger partial charge on any atom is -0.481 e. The van der Waals surface area contributed by atoms with Crippen LogP contribution in [0.5, 0.6) is 0 Å². The molecule has 7 nitrogen and oxygen atoms in total. The van der Waals surface area contributed by atoms with E-state index in [0.29, 0.717) is 18.4 Å². The summed E-state index contributed by atoms with van der Waals surface area (Å²) in [5, 5.41) is 16.3. The molecule has 1 heterocycles. The van der Waals surface area contributed by atoms with Crippen molar-refractivity contribution in [3.8, 4) is 5.69 Å². The number of hydrogen-bond acceptors (Lipinski definition) is 4. The van der Waals surface area contributed by atoms with E-state index in [0.717, 1.165) is 11.3 Å². The third kappa shape index (κ3) is 3.45. The van der Waals surface area contributed by atoms with Crippen molar-refractivity contribution in [3.05, 3.63) is 42.0 Å². The van der Waals surface area contributed by atoms with Crippen LogP contribution in [0.3, 0.4) is 0 Å². The monoisotopic (exact) mass is 330 g/mol. The quantitative estimate of drug-likeness (QED) is 0.811. The van der Waals surface area contributed by atoms with Crippen molar-refractivity contribution in [2.45, 2.75) is 33.6 Å². The standard InChI is InChI=1S/C17H22N4O3/c1-4-17(5-2,16(23)24)9-19-15(22)14-7-6-13(8-12(14)3)21-11-18-10-20-21/h6-8,10-11H,4-5,9H2,1-3H3,(H,19,22)(H,23,24). The molecular formula is C17H22N4O3. The maximum atomic E-state index is 12.4. The highest BCUT2D eigenvalue weighted by Crippen LogP contribution is 2.26. The molecule has 2 N–H and O–H groups in total. The lowest BCUT2D eigenvalue weighted by atomic mass is 9.82. The molecule has 0 bridgehead atoms. The summed E-state index contributed by atoms with van der Waals surface area (Å²) < 4.78 is 1.61. The van der Waals surface area contributed by atoms with Crippen LogP contribution in [0.4, 0.5) is 0 Å². The Morgan fingerprint density at radius 1 is 1.29 bits per heavy atom. The Hall–Kier alpha value is -2.70. The van der Waals surface area contributed by atoms with Crippen LogP contribution < -0.4 is 5.32 Å². The molecule has 0 unspecified atom stereocenters. The Morgan fingerprint density at radius 2 is 2.00 bits per heavy atom. The lowest BCUT2D eigenvalue weighted by Gasteiger charge is -2.27. The summed E-state index contributed by atoms with van der Waals surface area (Å²) >= 11 is 0. The molecule has 1 amide bonds. The Labute approximate surface area is 140 Å². The molecule has 2 rings (SSSR count). The van der Waals surface area contributed by atoms with Crippen molar-refractivity contribution in [2.75, 3.05) is 6.54 Å². The van der Waals surface area contributed by atoms with Crippen LogP contribution in [0, 0.1) is 12.3 Å². The summed E-state index contributed by atoms with van der Waals surface area (Å²) in [6, 6.07) is 5.33. The van der Waals surface area contributed by atoms with Crippen molar-refractivity contribution in [2.24, 2.45) is 5.41 Å². The second kappa shape index (κ2) is 7.25. The normalized spacial score (nSPS) is 11.3. The predicted octanol–water partition coefficient (Wildman–Crippen LogP) is 2.20. The highest BCUT2D eigenvalue weighted by molar-refractivity contribution is 5.96. The fourth-order valence-corrected chi connectivity index (χ4v) is 2.61. The zero-order chi connectivity index (χ0) is 17.7. The van der Waals surface area contributed by atoms with Gasteiger partial charge in [0.1, 0.15) is 12.7 Å². The van der Waals surface area contributed by atoms with Gasteiger partial charge in [-0.1, -0.05) is 13.8 Å². The van der Waals surface area contributed by atoms with Gasteiger partial charge in [0.2, 0.25) is 0 Å². The molecule has 1 aromatic carbocycles. The first-order chi connectivity index (χ1) is 11.4. The van der Waals surface area contributed by atoms with Gasteiger partial charge in [0.25, 0.3) is 5.91 Å². The molecule has 0 spiro atoms. The molecular weight excluding hydrogens is 308 g/mol. The van der Waals surface area contributed by atoms with Gasteiger partial charge in [0.05, 0.1) is 11.1 Å². The highest BCUT2D eigenvalue weighted by Gasteiger charge is 2.35. The van der Waals surface area contributed by atoms with Gasteiger partial charge in [0.15, 0.2) is 0 Å². The number of nitrogens with one attached hydrogen (secondary N) is 1.